The van der Waals surface area contributed by atoms with Gasteiger partial charge in [0.25, 0.3) is 5.91 Å². The lowest BCUT2D eigenvalue weighted by atomic mass is 10.1. The standard InChI is InChI=1S/C13H17ClN2O4S2/c1-15-12(17)8-22(19,20)9-4-6-16(7-5-9)13(18)10-2-3-11(14)21-10/h2-3,9H,4-8H2,1H3,(H,15,17). The summed E-state index contributed by atoms with van der Waals surface area (Å²) in [6.07, 6.45) is 0.703. The minimum absolute atomic E-state index is 0.126. The Morgan fingerprint density at radius 3 is 2.50 bits per heavy atom. The molecule has 0 saturated carbocycles. The first-order valence-electron chi connectivity index (χ1n) is 6.80. The Bertz CT molecular complexity index is 663. The van der Waals surface area contributed by atoms with Gasteiger partial charge >= 0.3 is 0 Å². The molecule has 0 aliphatic carbocycles. The molecule has 2 rings (SSSR count). The van der Waals surface area contributed by atoms with E-state index in [0.29, 0.717) is 35.1 Å². The monoisotopic (exact) mass is 364 g/mol. The first-order chi connectivity index (χ1) is 10.3. The van der Waals surface area contributed by atoms with Crippen LogP contribution >= 0.6 is 22.9 Å². The first-order valence-corrected chi connectivity index (χ1v) is 9.71. The second-order valence-corrected chi connectivity index (χ2v) is 9.07. The van der Waals surface area contributed by atoms with Crippen molar-refractivity contribution in [3.05, 3.63) is 21.3 Å². The summed E-state index contributed by atoms with van der Waals surface area (Å²) in [6.45, 7) is 0.734. The van der Waals surface area contributed by atoms with E-state index in [1.807, 2.05) is 0 Å². The summed E-state index contributed by atoms with van der Waals surface area (Å²) in [5.74, 6) is -1.13. The fourth-order valence-electron chi connectivity index (χ4n) is 2.38. The molecule has 1 fully saturated rings. The third kappa shape index (κ3) is 3.99. The van der Waals surface area contributed by atoms with Gasteiger partial charge in [-0.2, -0.15) is 0 Å². The Hall–Kier alpha value is -1.12. The lowest BCUT2D eigenvalue weighted by molar-refractivity contribution is -0.118. The molecule has 9 heteroatoms. The first kappa shape index (κ1) is 17.2. The molecule has 0 radical (unpaired) electrons. The van der Waals surface area contributed by atoms with Crippen molar-refractivity contribution in [3.8, 4) is 0 Å². The van der Waals surface area contributed by atoms with Crippen LogP contribution in [0.25, 0.3) is 0 Å². The number of nitrogens with zero attached hydrogens (tertiary/aromatic N) is 1. The topological polar surface area (TPSA) is 83.6 Å². The maximum absolute atomic E-state index is 12.3. The number of rotatable bonds is 4. The molecular weight excluding hydrogens is 348 g/mol. The van der Waals surface area contributed by atoms with E-state index in [1.54, 1.807) is 17.0 Å². The zero-order chi connectivity index (χ0) is 16.3. The quantitative estimate of drug-likeness (QED) is 0.869. The Kier molecular flexibility index (Phi) is 5.46. The van der Waals surface area contributed by atoms with Crippen LogP contribution in [0.3, 0.4) is 0 Å². The van der Waals surface area contributed by atoms with Crippen molar-refractivity contribution in [1.82, 2.24) is 10.2 Å². The van der Waals surface area contributed by atoms with Gasteiger partial charge in [-0.15, -0.1) is 11.3 Å². The number of amides is 2. The van der Waals surface area contributed by atoms with Gasteiger partial charge in [-0.25, -0.2) is 8.42 Å². The lowest BCUT2D eigenvalue weighted by Crippen LogP contribution is -2.44. The third-order valence-corrected chi connectivity index (χ3v) is 7.00. The van der Waals surface area contributed by atoms with E-state index in [4.69, 9.17) is 11.6 Å². The second-order valence-electron chi connectivity index (χ2n) is 5.08. The van der Waals surface area contributed by atoms with Crippen LogP contribution in [0.2, 0.25) is 4.34 Å². The molecule has 0 bridgehead atoms. The fourth-order valence-corrected chi connectivity index (χ4v) is 5.06. The minimum atomic E-state index is -3.47. The number of sulfone groups is 1. The summed E-state index contributed by atoms with van der Waals surface area (Å²) in [5, 5.41) is 1.75. The van der Waals surface area contributed by atoms with E-state index < -0.39 is 26.7 Å². The minimum Gasteiger partial charge on any atom is -0.358 e. The number of hydrogen-bond acceptors (Lipinski definition) is 5. The van der Waals surface area contributed by atoms with Gasteiger partial charge in [-0.3, -0.25) is 9.59 Å². The summed E-state index contributed by atoms with van der Waals surface area (Å²) >= 11 is 7.03. The summed E-state index contributed by atoms with van der Waals surface area (Å²) in [6, 6.07) is 3.34. The molecule has 0 unspecified atom stereocenters. The summed E-state index contributed by atoms with van der Waals surface area (Å²) in [5.41, 5.74) is 0. The third-order valence-electron chi connectivity index (χ3n) is 3.63. The zero-order valence-electron chi connectivity index (χ0n) is 12.0. The molecule has 0 aromatic carbocycles. The molecule has 6 nitrogen and oxygen atoms in total. The van der Waals surface area contributed by atoms with Crippen LogP contribution in [0.15, 0.2) is 12.1 Å². The molecule has 1 saturated heterocycles. The number of halogens is 1. The molecule has 2 heterocycles. The number of carbonyl (C=O) groups is 2. The Balaban J connectivity index is 1.95. The van der Waals surface area contributed by atoms with Crippen LogP contribution in [0, 0.1) is 0 Å². The summed E-state index contributed by atoms with van der Waals surface area (Å²) in [4.78, 5) is 25.7. The van der Waals surface area contributed by atoms with E-state index in [1.165, 1.54) is 18.4 Å². The van der Waals surface area contributed by atoms with Gasteiger partial charge in [0.2, 0.25) is 5.91 Å². The van der Waals surface area contributed by atoms with Crippen LogP contribution < -0.4 is 5.32 Å². The van der Waals surface area contributed by atoms with Crippen LogP contribution in [0.1, 0.15) is 22.5 Å². The van der Waals surface area contributed by atoms with Gasteiger partial charge in [-0.1, -0.05) is 11.6 Å². The summed E-state index contributed by atoms with van der Waals surface area (Å²) in [7, 11) is -2.06. The van der Waals surface area contributed by atoms with Gasteiger partial charge < -0.3 is 10.2 Å². The van der Waals surface area contributed by atoms with E-state index >= 15 is 0 Å². The molecule has 1 aliphatic rings. The van der Waals surface area contributed by atoms with Gasteiger partial charge in [-0.05, 0) is 25.0 Å². The van der Waals surface area contributed by atoms with Crippen molar-refractivity contribution in [2.45, 2.75) is 18.1 Å². The highest BCUT2D eigenvalue weighted by atomic mass is 35.5. The molecular formula is C13H17ClN2O4S2. The molecule has 22 heavy (non-hydrogen) atoms. The Labute approximate surface area is 138 Å². The molecule has 1 aromatic heterocycles. The molecule has 1 aromatic rings. The smallest absolute Gasteiger partial charge is 0.263 e. The molecule has 0 spiro atoms. The second kappa shape index (κ2) is 6.97. The number of piperidine rings is 1. The van der Waals surface area contributed by atoms with E-state index in [-0.39, 0.29) is 5.91 Å². The fraction of sp³-hybridized carbons (Fsp3) is 0.538. The van der Waals surface area contributed by atoms with Crippen molar-refractivity contribution >= 4 is 44.6 Å². The Morgan fingerprint density at radius 1 is 1.36 bits per heavy atom. The zero-order valence-corrected chi connectivity index (χ0v) is 14.4. The lowest BCUT2D eigenvalue weighted by Gasteiger charge is -2.31. The number of thiophene rings is 1. The average Bonchev–Trinajstić information content (AvgIpc) is 2.92. The largest absolute Gasteiger partial charge is 0.358 e. The van der Waals surface area contributed by atoms with Gasteiger partial charge in [0.15, 0.2) is 9.84 Å². The molecule has 122 valence electrons. The van der Waals surface area contributed by atoms with Crippen LogP contribution in [0.5, 0.6) is 0 Å². The summed E-state index contributed by atoms with van der Waals surface area (Å²) < 4.78 is 24.8. The van der Waals surface area contributed by atoms with Gasteiger partial charge in [0, 0.05) is 20.1 Å². The van der Waals surface area contributed by atoms with Crippen LogP contribution in [0.4, 0.5) is 0 Å². The number of carbonyl (C=O) groups excluding carboxylic acids is 2. The Morgan fingerprint density at radius 2 is 2.00 bits per heavy atom. The normalized spacial score (nSPS) is 16.5. The maximum Gasteiger partial charge on any atom is 0.263 e. The van der Waals surface area contributed by atoms with Crippen molar-refractivity contribution in [2.24, 2.45) is 0 Å². The predicted molar refractivity (Wildman–Crippen MR) is 86.1 cm³/mol. The van der Waals surface area contributed by atoms with Crippen molar-refractivity contribution < 1.29 is 18.0 Å². The van der Waals surface area contributed by atoms with Gasteiger partial charge in [0.05, 0.1) is 14.5 Å². The van der Waals surface area contributed by atoms with E-state index in [9.17, 15) is 18.0 Å². The molecule has 2 amide bonds. The number of hydrogen-bond donors (Lipinski definition) is 1. The highest BCUT2D eigenvalue weighted by Crippen LogP contribution is 2.25. The molecule has 1 N–H and O–H groups in total. The molecule has 1 aliphatic heterocycles. The molecule has 0 atom stereocenters. The maximum atomic E-state index is 12.3. The number of likely N-dealkylation sites (tertiary alicyclic amines) is 1. The highest BCUT2D eigenvalue weighted by Gasteiger charge is 2.33. The highest BCUT2D eigenvalue weighted by molar-refractivity contribution is 7.92. The van der Waals surface area contributed by atoms with E-state index in [2.05, 4.69) is 5.32 Å². The predicted octanol–water partition coefficient (Wildman–Crippen LogP) is 1.17. The van der Waals surface area contributed by atoms with Crippen LogP contribution in [-0.2, 0) is 14.6 Å². The number of nitrogens with one attached hydrogen (secondary N) is 1. The van der Waals surface area contributed by atoms with E-state index in [0.717, 1.165) is 0 Å². The van der Waals surface area contributed by atoms with Crippen LogP contribution in [-0.4, -0.2) is 56.3 Å². The van der Waals surface area contributed by atoms with Crippen molar-refractivity contribution in [3.63, 3.8) is 0 Å². The SMILES string of the molecule is CNC(=O)CS(=O)(=O)C1CCN(C(=O)c2ccc(Cl)s2)CC1. The van der Waals surface area contributed by atoms with Gasteiger partial charge in [0.1, 0.15) is 5.75 Å². The van der Waals surface area contributed by atoms with Crippen molar-refractivity contribution in [1.29, 1.82) is 0 Å². The van der Waals surface area contributed by atoms with Crippen molar-refractivity contribution in [2.75, 3.05) is 25.9 Å². The average molecular weight is 365 g/mol.